The summed E-state index contributed by atoms with van der Waals surface area (Å²) in [6.45, 7) is 2.13. The predicted molar refractivity (Wildman–Crippen MR) is 76.3 cm³/mol. The molecule has 0 radical (unpaired) electrons. The monoisotopic (exact) mass is 290 g/mol. The van der Waals surface area contributed by atoms with E-state index in [0.717, 1.165) is 12.1 Å². The Morgan fingerprint density at radius 3 is 2.70 bits per heavy atom. The van der Waals surface area contributed by atoms with Crippen molar-refractivity contribution in [3.63, 3.8) is 0 Å². The van der Waals surface area contributed by atoms with Gasteiger partial charge >= 0.3 is 0 Å². The van der Waals surface area contributed by atoms with Crippen LogP contribution in [0, 0.1) is 23.2 Å². The van der Waals surface area contributed by atoms with Crippen molar-refractivity contribution in [2.45, 2.75) is 19.8 Å². The topological polar surface area (TPSA) is 61.2 Å². The average molecular weight is 291 g/mol. The number of anilines is 1. The van der Waals surface area contributed by atoms with E-state index in [1.54, 1.807) is 29.2 Å². The van der Waals surface area contributed by atoms with Crippen molar-refractivity contribution in [3.8, 4) is 6.07 Å². The van der Waals surface area contributed by atoms with Crippen LogP contribution in [0.4, 0.5) is 5.69 Å². The van der Waals surface area contributed by atoms with Crippen molar-refractivity contribution in [3.05, 3.63) is 29.3 Å². The minimum absolute atomic E-state index is 0.217. The van der Waals surface area contributed by atoms with Crippen LogP contribution in [-0.4, -0.2) is 18.2 Å². The molecule has 4 nitrogen and oxygen atoms in total. The van der Waals surface area contributed by atoms with Crippen molar-refractivity contribution in [2.75, 3.05) is 11.4 Å². The third kappa shape index (κ3) is 2.83. The Bertz CT molecular complexity index is 562. The summed E-state index contributed by atoms with van der Waals surface area (Å²) in [6.07, 6.45) is 1.27. The summed E-state index contributed by atoms with van der Waals surface area (Å²) in [6, 6.07) is 8.87. The molecule has 1 fully saturated rings. The van der Waals surface area contributed by atoms with Crippen LogP contribution in [0.5, 0.6) is 0 Å². The molecule has 0 unspecified atom stereocenters. The molecule has 1 saturated heterocycles. The third-order valence-corrected chi connectivity index (χ3v) is 3.79. The Hall–Kier alpha value is -1.86. The molecule has 0 N–H and O–H groups in total. The third-order valence-electron chi connectivity index (χ3n) is 3.54. The highest BCUT2D eigenvalue weighted by Gasteiger charge is 2.36. The first-order valence-corrected chi connectivity index (χ1v) is 6.92. The molecule has 0 saturated carbocycles. The van der Waals surface area contributed by atoms with E-state index in [4.69, 9.17) is 16.9 Å². The molecule has 1 aliphatic heterocycles. The Labute approximate surface area is 122 Å². The number of benzene rings is 1. The number of hydrogen-bond acceptors (Lipinski definition) is 3. The molecule has 0 spiro atoms. The van der Waals surface area contributed by atoms with Crippen LogP contribution in [0.1, 0.15) is 19.8 Å². The zero-order valence-electron chi connectivity index (χ0n) is 11.2. The molecule has 1 aromatic rings. The van der Waals surface area contributed by atoms with E-state index in [1.807, 2.05) is 6.07 Å². The number of halogens is 1. The van der Waals surface area contributed by atoms with Crippen LogP contribution in [-0.2, 0) is 9.59 Å². The van der Waals surface area contributed by atoms with Gasteiger partial charge in [-0.25, -0.2) is 0 Å². The fraction of sp³-hybridized carbons (Fsp3) is 0.400. The van der Waals surface area contributed by atoms with Gasteiger partial charge in [0.25, 0.3) is 0 Å². The van der Waals surface area contributed by atoms with Gasteiger partial charge in [-0.1, -0.05) is 11.6 Å². The Morgan fingerprint density at radius 2 is 2.10 bits per heavy atom. The van der Waals surface area contributed by atoms with Gasteiger partial charge in [0.1, 0.15) is 5.92 Å². The lowest BCUT2D eigenvalue weighted by Crippen LogP contribution is -2.45. The molecule has 1 aliphatic rings. The molecule has 104 valence electrons. The molecule has 2 atom stereocenters. The van der Waals surface area contributed by atoms with Crippen molar-refractivity contribution in [2.24, 2.45) is 11.8 Å². The average Bonchev–Trinajstić information content (AvgIpc) is 2.47. The molecule has 0 aliphatic carbocycles. The summed E-state index contributed by atoms with van der Waals surface area (Å²) in [5.74, 6) is -1.94. The van der Waals surface area contributed by atoms with Gasteiger partial charge in [-0.05, 0) is 44.0 Å². The SMILES string of the molecule is C[C@@H](C#N)C(=O)[C@H]1CCCN(c2ccc(Cl)cc2)C1=O. The summed E-state index contributed by atoms with van der Waals surface area (Å²) >= 11 is 5.83. The Balaban J connectivity index is 2.21. The molecule has 1 amide bonds. The van der Waals surface area contributed by atoms with Crippen molar-refractivity contribution < 1.29 is 9.59 Å². The maximum absolute atomic E-state index is 12.4. The van der Waals surface area contributed by atoms with E-state index in [-0.39, 0.29) is 11.7 Å². The van der Waals surface area contributed by atoms with Gasteiger partial charge in [-0.15, -0.1) is 0 Å². The number of nitrogens with zero attached hydrogens (tertiary/aromatic N) is 2. The number of carbonyl (C=O) groups excluding carboxylic acids is 2. The van der Waals surface area contributed by atoms with E-state index in [2.05, 4.69) is 0 Å². The first kappa shape index (κ1) is 14.5. The molecule has 2 rings (SSSR count). The largest absolute Gasteiger partial charge is 0.312 e. The van der Waals surface area contributed by atoms with Gasteiger partial charge in [0, 0.05) is 17.3 Å². The zero-order valence-corrected chi connectivity index (χ0v) is 11.9. The number of piperidine rings is 1. The minimum Gasteiger partial charge on any atom is -0.312 e. The normalized spacial score (nSPS) is 20.4. The molecule has 1 aromatic carbocycles. The number of hydrogen-bond donors (Lipinski definition) is 0. The number of carbonyl (C=O) groups is 2. The van der Waals surface area contributed by atoms with Gasteiger partial charge in [0.05, 0.1) is 12.0 Å². The second kappa shape index (κ2) is 6.06. The number of nitriles is 1. The predicted octanol–water partition coefficient (Wildman–Crippen LogP) is 2.81. The lowest BCUT2D eigenvalue weighted by Gasteiger charge is -2.32. The van der Waals surface area contributed by atoms with Crippen LogP contribution >= 0.6 is 11.6 Å². The molecule has 0 bridgehead atoms. The highest BCUT2D eigenvalue weighted by molar-refractivity contribution is 6.30. The Kier molecular flexibility index (Phi) is 4.41. The highest BCUT2D eigenvalue weighted by Crippen LogP contribution is 2.27. The fourth-order valence-corrected chi connectivity index (χ4v) is 2.51. The molecule has 1 heterocycles. The summed E-state index contributed by atoms with van der Waals surface area (Å²) < 4.78 is 0. The van der Waals surface area contributed by atoms with E-state index in [1.165, 1.54) is 6.92 Å². The van der Waals surface area contributed by atoms with Crippen LogP contribution in [0.2, 0.25) is 5.02 Å². The smallest absolute Gasteiger partial charge is 0.237 e. The molecule has 5 heteroatoms. The summed E-state index contributed by atoms with van der Waals surface area (Å²) in [7, 11) is 0. The van der Waals surface area contributed by atoms with Gasteiger partial charge < -0.3 is 4.90 Å². The van der Waals surface area contributed by atoms with Gasteiger partial charge in [-0.2, -0.15) is 5.26 Å². The van der Waals surface area contributed by atoms with Crippen LogP contribution in [0.3, 0.4) is 0 Å². The second-order valence-corrected chi connectivity index (χ2v) is 5.35. The van der Waals surface area contributed by atoms with Crippen LogP contribution in [0.15, 0.2) is 24.3 Å². The van der Waals surface area contributed by atoms with E-state index in [0.29, 0.717) is 18.0 Å². The van der Waals surface area contributed by atoms with Crippen molar-refractivity contribution in [1.29, 1.82) is 5.26 Å². The number of ketones is 1. The minimum atomic E-state index is -0.742. The Morgan fingerprint density at radius 1 is 1.45 bits per heavy atom. The molecular weight excluding hydrogens is 276 g/mol. The maximum atomic E-state index is 12.4. The number of Topliss-reactive ketones (excluding diaryl/α,β-unsaturated/α-hetero) is 1. The quantitative estimate of drug-likeness (QED) is 0.804. The zero-order chi connectivity index (χ0) is 14.7. The lowest BCUT2D eigenvalue weighted by atomic mass is 9.87. The van der Waals surface area contributed by atoms with Crippen molar-refractivity contribution >= 4 is 29.0 Å². The van der Waals surface area contributed by atoms with Crippen LogP contribution in [0.25, 0.3) is 0 Å². The highest BCUT2D eigenvalue weighted by atomic mass is 35.5. The second-order valence-electron chi connectivity index (χ2n) is 4.91. The van der Waals surface area contributed by atoms with E-state index < -0.39 is 11.8 Å². The van der Waals surface area contributed by atoms with Gasteiger partial charge in [0.2, 0.25) is 5.91 Å². The number of rotatable bonds is 3. The molecular formula is C15H15ClN2O2. The van der Waals surface area contributed by atoms with Gasteiger partial charge in [0.15, 0.2) is 5.78 Å². The fourth-order valence-electron chi connectivity index (χ4n) is 2.38. The first-order chi connectivity index (χ1) is 9.54. The van der Waals surface area contributed by atoms with Crippen LogP contribution < -0.4 is 4.90 Å². The van der Waals surface area contributed by atoms with Gasteiger partial charge in [-0.3, -0.25) is 9.59 Å². The number of amides is 1. The molecule has 0 aromatic heterocycles. The summed E-state index contributed by atoms with van der Waals surface area (Å²) in [5, 5.41) is 9.43. The maximum Gasteiger partial charge on any atom is 0.237 e. The molecule has 20 heavy (non-hydrogen) atoms. The van der Waals surface area contributed by atoms with E-state index >= 15 is 0 Å². The summed E-state index contributed by atoms with van der Waals surface area (Å²) in [4.78, 5) is 26.1. The lowest BCUT2D eigenvalue weighted by molar-refractivity contribution is -0.135. The standard InChI is InChI=1S/C15H15ClN2O2/c1-10(9-17)14(19)13-3-2-8-18(15(13)20)12-6-4-11(16)5-7-12/h4-7,10,13H,2-3,8H2,1H3/t10-,13+/m0/s1. The summed E-state index contributed by atoms with van der Waals surface area (Å²) in [5.41, 5.74) is 0.738. The van der Waals surface area contributed by atoms with E-state index in [9.17, 15) is 9.59 Å². The first-order valence-electron chi connectivity index (χ1n) is 6.55. The van der Waals surface area contributed by atoms with Crippen molar-refractivity contribution in [1.82, 2.24) is 0 Å².